The number of alkyl halides is 3. The molecular weight excluding hydrogens is 473 g/mol. The summed E-state index contributed by atoms with van der Waals surface area (Å²) in [6.45, 7) is 0. The summed E-state index contributed by atoms with van der Waals surface area (Å²) in [5.41, 5.74) is 9.70. The number of guanidine groups is 1. The number of benzene rings is 3. The Balaban J connectivity index is 0.000000384. The van der Waals surface area contributed by atoms with Gasteiger partial charge in [0.25, 0.3) is 5.91 Å². The van der Waals surface area contributed by atoms with Crippen LogP contribution in [0.2, 0.25) is 0 Å². The number of rotatable bonds is 3. The van der Waals surface area contributed by atoms with Crippen LogP contribution < -0.4 is 5.73 Å². The van der Waals surface area contributed by atoms with Gasteiger partial charge in [-0.05, 0) is 51.9 Å². The summed E-state index contributed by atoms with van der Waals surface area (Å²) in [6.07, 6.45) is -3.15. The summed E-state index contributed by atoms with van der Waals surface area (Å²) in [5, 5.41) is 8.27. The number of likely N-dealkylation sites (N-methyl/N-ethyl adjacent to an activating group) is 1. The van der Waals surface area contributed by atoms with Gasteiger partial charge < -0.3 is 15.8 Å². The molecule has 184 valence electrons. The van der Waals surface area contributed by atoms with Crippen LogP contribution in [0.5, 0.6) is 0 Å². The van der Waals surface area contributed by atoms with E-state index < -0.39 is 17.7 Å². The first kappa shape index (κ1) is 24.5. The van der Waals surface area contributed by atoms with Crippen molar-refractivity contribution in [1.29, 1.82) is 0 Å². The molecule has 1 aromatic heterocycles. The van der Waals surface area contributed by atoms with E-state index >= 15 is 0 Å². The fraction of sp³-hybridized carbons (Fsp3) is 0.115. The van der Waals surface area contributed by atoms with Gasteiger partial charge in [0, 0.05) is 18.8 Å². The molecule has 4 N–H and O–H groups in total. The van der Waals surface area contributed by atoms with Crippen molar-refractivity contribution in [2.45, 2.75) is 11.7 Å². The lowest BCUT2D eigenvalue weighted by molar-refractivity contribution is -0.192. The number of nitrogens with zero attached hydrogens (tertiary/aromatic N) is 2. The number of carboxylic acids is 1. The molecule has 3 aromatic carbocycles. The first-order valence-electron chi connectivity index (χ1n) is 10.7. The highest BCUT2D eigenvalue weighted by Gasteiger charge is 2.49. The van der Waals surface area contributed by atoms with Gasteiger partial charge in [0.2, 0.25) is 0 Å². The minimum Gasteiger partial charge on any atom is -0.475 e. The van der Waals surface area contributed by atoms with Crippen molar-refractivity contribution in [1.82, 2.24) is 9.88 Å². The number of nitrogens with two attached hydrogens (primary N) is 1. The van der Waals surface area contributed by atoms with E-state index in [4.69, 9.17) is 15.6 Å². The molecule has 0 fully saturated rings. The van der Waals surface area contributed by atoms with Crippen molar-refractivity contribution >= 4 is 28.7 Å². The number of aromatic nitrogens is 1. The predicted molar refractivity (Wildman–Crippen MR) is 129 cm³/mol. The molecule has 1 aliphatic rings. The second-order valence-electron chi connectivity index (χ2n) is 8.07. The van der Waals surface area contributed by atoms with Gasteiger partial charge in [0.15, 0.2) is 11.5 Å². The SMILES string of the molecule is CN1C(=O)C(c2ccccc2)(c2cccc(-c3ccc4[nH]ccc4c3)c2)N=C1N.O=C(O)C(F)(F)F. The van der Waals surface area contributed by atoms with Crippen molar-refractivity contribution in [3.05, 3.63) is 96.2 Å². The lowest BCUT2D eigenvalue weighted by Crippen LogP contribution is -2.41. The average Bonchev–Trinajstić information content (AvgIpc) is 3.43. The van der Waals surface area contributed by atoms with Gasteiger partial charge in [0.1, 0.15) is 0 Å². The van der Waals surface area contributed by atoms with Crippen molar-refractivity contribution in [2.24, 2.45) is 10.7 Å². The molecule has 0 bridgehead atoms. The number of carboxylic acid groups (broad SMARTS) is 1. The number of aliphatic imine (C=N–C) groups is 1. The molecule has 0 saturated heterocycles. The van der Waals surface area contributed by atoms with E-state index in [1.807, 2.05) is 60.8 Å². The third-order valence-corrected chi connectivity index (χ3v) is 5.84. The molecule has 4 aromatic rings. The van der Waals surface area contributed by atoms with Gasteiger partial charge in [-0.1, -0.05) is 54.6 Å². The van der Waals surface area contributed by atoms with Crippen molar-refractivity contribution in [3.8, 4) is 11.1 Å². The normalized spacial score (nSPS) is 17.5. The summed E-state index contributed by atoms with van der Waals surface area (Å²) in [5.74, 6) is -2.69. The number of aliphatic carboxylic acids is 1. The Kier molecular flexibility index (Phi) is 6.28. The fourth-order valence-electron chi connectivity index (χ4n) is 4.02. The number of H-pyrrole nitrogens is 1. The predicted octanol–water partition coefficient (Wildman–Crippen LogP) is 4.50. The topological polar surface area (TPSA) is 112 Å². The molecule has 0 aliphatic carbocycles. The molecule has 1 aliphatic heterocycles. The van der Waals surface area contributed by atoms with E-state index in [-0.39, 0.29) is 11.9 Å². The first-order chi connectivity index (χ1) is 17.0. The lowest BCUT2D eigenvalue weighted by atomic mass is 9.81. The molecule has 0 radical (unpaired) electrons. The van der Waals surface area contributed by atoms with Crippen molar-refractivity contribution < 1.29 is 27.9 Å². The smallest absolute Gasteiger partial charge is 0.475 e. The minimum atomic E-state index is -5.08. The number of hydrogen-bond donors (Lipinski definition) is 3. The highest BCUT2D eigenvalue weighted by molar-refractivity contribution is 6.09. The zero-order chi connectivity index (χ0) is 26.1. The van der Waals surface area contributed by atoms with E-state index in [2.05, 4.69) is 34.2 Å². The van der Waals surface area contributed by atoms with Crippen molar-refractivity contribution in [3.63, 3.8) is 0 Å². The number of nitrogens with one attached hydrogen (secondary N) is 1. The first-order valence-corrected chi connectivity index (χ1v) is 10.7. The Morgan fingerprint density at radius 1 is 0.972 bits per heavy atom. The largest absolute Gasteiger partial charge is 0.490 e. The third-order valence-electron chi connectivity index (χ3n) is 5.84. The van der Waals surface area contributed by atoms with E-state index in [0.29, 0.717) is 0 Å². The summed E-state index contributed by atoms with van der Waals surface area (Å²) in [6, 6.07) is 25.9. The molecular formula is C26H21F3N4O3. The van der Waals surface area contributed by atoms with Crippen LogP contribution in [-0.4, -0.2) is 46.1 Å². The van der Waals surface area contributed by atoms with Gasteiger partial charge >= 0.3 is 12.1 Å². The van der Waals surface area contributed by atoms with Crippen LogP contribution in [-0.2, 0) is 15.1 Å². The Bertz CT molecular complexity index is 1460. The number of amides is 1. The molecule has 1 amide bonds. The maximum atomic E-state index is 13.4. The summed E-state index contributed by atoms with van der Waals surface area (Å²) in [4.78, 5) is 31.6. The summed E-state index contributed by atoms with van der Waals surface area (Å²) in [7, 11) is 1.66. The van der Waals surface area contributed by atoms with Crippen LogP contribution in [0.15, 0.2) is 90.1 Å². The van der Waals surface area contributed by atoms with E-state index in [9.17, 15) is 18.0 Å². The molecule has 10 heteroatoms. The molecule has 7 nitrogen and oxygen atoms in total. The van der Waals surface area contributed by atoms with Crippen LogP contribution >= 0.6 is 0 Å². The number of fused-ring (bicyclic) bond motifs is 1. The van der Waals surface area contributed by atoms with Crippen LogP contribution in [0.25, 0.3) is 22.0 Å². The minimum absolute atomic E-state index is 0.153. The quantitative estimate of drug-likeness (QED) is 0.389. The average molecular weight is 494 g/mol. The van der Waals surface area contributed by atoms with Gasteiger partial charge in [-0.25, -0.2) is 9.79 Å². The summed E-state index contributed by atoms with van der Waals surface area (Å²) < 4.78 is 31.7. The monoisotopic (exact) mass is 494 g/mol. The Morgan fingerprint density at radius 3 is 2.22 bits per heavy atom. The molecule has 36 heavy (non-hydrogen) atoms. The number of hydrogen-bond acceptors (Lipinski definition) is 4. The zero-order valence-electron chi connectivity index (χ0n) is 19.0. The second-order valence-corrected chi connectivity index (χ2v) is 8.07. The lowest BCUT2D eigenvalue weighted by Gasteiger charge is -2.26. The summed E-state index contributed by atoms with van der Waals surface area (Å²) >= 11 is 0. The maximum absolute atomic E-state index is 13.4. The Hall–Kier alpha value is -4.60. The second kappa shape index (κ2) is 9.21. The molecule has 5 rings (SSSR count). The van der Waals surface area contributed by atoms with E-state index in [1.54, 1.807) is 7.05 Å². The van der Waals surface area contributed by atoms with Crippen LogP contribution in [0.4, 0.5) is 13.2 Å². The number of aromatic amines is 1. The molecule has 0 saturated carbocycles. The van der Waals surface area contributed by atoms with Gasteiger partial charge in [-0.2, -0.15) is 13.2 Å². The van der Waals surface area contributed by atoms with Gasteiger partial charge in [0.05, 0.1) is 0 Å². The molecule has 1 atom stereocenters. The molecule has 1 unspecified atom stereocenters. The fourth-order valence-corrected chi connectivity index (χ4v) is 4.02. The number of carbonyl (C=O) groups is 2. The Morgan fingerprint density at radius 2 is 1.61 bits per heavy atom. The third kappa shape index (κ3) is 4.40. The zero-order valence-corrected chi connectivity index (χ0v) is 19.0. The van der Waals surface area contributed by atoms with Crippen LogP contribution in [0.1, 0.15) is 11.1 Å². The number of halogens is 3. The van der Waals surface area contributed by atoms with E-state index in [0.717, 1.165) is 33.2 Å². The van der Waals surface area contributed by atoms with Gasteiger partial charge in [-0.15, -0.1) is 0 Å². The Labute approximate surface area is 203 Å². The van der Waals surface area contributed by atoms with Crippen molar-refractivity contribution in [2.75, 3.05) is 7.05 Å². The highest BCUT2D eigenvalue weighted by Crippen LogP contribution is 2.40. The molecule has 2 heterocycles. The number of carbonyl (C=O) groups excluding carboxylic acids is 1. The van der Waals surface area contributed by atoms with Gasteiger partial charge in [-0.3, -0.25) is 9.69 Å². The van der Waals surface area contributed by atoms with E-state index in [1.165, 1.54) is 4.90 Å². The standard InChI is InChI=1S/C24H20N4O.C2HF3O2/c1-28-22(29)24(27-23(28)25,19-7-3-2-4-8-19)20-9-5-6-16(15-20)17-10-11-21-18(14-17)12-13-26-21;3-2(4,5)1(6)7/h2-15,26H,1H3,(H2,25,27);(H,6,7). The van der Waals surface area contributed by atoms with Crippen LogP contribution in [0, 0.1) is 0 Å². The highest BCUT2D eigenvalue weighted by atomic mass is 19.4. The van der Waals surface area contributed by atoms with Crippen LogP contribution in [0.3, 0.4) is 0 Å². The maximum Gasteiger partial charge on any atom is 0.490 e. The molecule has 0 spiro atoms.